The molecule has 2 aliphatic heterocycles. The van der Waals surface area contributed by atoms with Crippen LogP contribution < -0.4 is 15.4 Å². The van der Waals surface area contributed by atoms with E-state index in [0.29, 0.717) is 42.2 Å². The number of hydrogen-bond acceptors (Lipinski definition) is 7. The number of fused-ring (bicyclic) bond motifs is 1. The molecule has 2 aliphatic rings. The molecular weight excluding hydrogens is 459 g/mol. The molecule has 10 heteroatoms. The number of hydrogen-bond donors (Lipinski definition) is 2. The molecule has 2 N–H and O–H groups in total. The van der Waals surface area contributed by atoms with Gasteiger partial charge in [-0.1, -0.05) is 12.0 Å². The van der Waals surface area contributed by atoms with Gasteiger partial charge in [-0.3, -0.25) is 4.90 Å². The molecule has 0 spiro atoms. The zero-order valence-corrected chi connectivity index (χ0v) is 19.0. The average Bonchev–Trinajstić information content (AvgIpc) is 2.80. The Kier molecular flexibility index (Phi) is 6.13. The number of rotatable bonds is 6. The fourth-order valence-electron chi connectivity index (χ4n) is 4.33. The van der Waals surface area contributed by atoms with Crippen molar-refractivity contribution in [3.05, 3.63) is 48.0 Å². The van der Waals surface area contributed by atoms with Crippen molar-refractivity contribution in [2.45, 2.75) is 24.5 Å². The number of ether oxygens (including phenoxy) is 2. The molecule has 0 saturated carbocycles. The molecular formula is C25H24F3N5O2. The monoisotopic (exact) mass is 483 g/mol. The highest BCUT2D eigenvalue weighted by Gasteiger charge is 2.48. The average molecular weight is 483 g/mol. The Hall–Kier alpha value is -3.55. The standard InChI is InChI=1S/C25H24F3N5O2/c1-3-15-5-4-6-18(23(15)26)32-24-17-9-21(20(29-2)10-19(17)30-14-31-24)35-22-7-8-33(13-25(22,27)28)16-11-34-12-16/h1,4-6,9-10,14,16,22,29H,7-8,11-13H2,2H3,(H,30,31,32). The van der Waals surface area contributed by atoms with Crippen LogP contribution in [0.1, 0.15) is 12.0 Å². The van der Waals surface area contributed by atoms with Crippen LogP contribution in [0.5, 0.6) is 5.75 Å². The fourth-order valence-corrected chi connectivity index (χ4v) is 4.33. The number of terminal acetylenes is 1. The first-order chi connectivity index (χ1) is 16.9. The molecule has 182 valence electrons. The van der Waals surface area contributed by atoms with Crippen molar-refractivity contribution < 1.29 is 22.6 Å². The van der Waals surface area contributed by atoms with Crippen LogP contribution >= 0.6 is 0 Å². The Balaban J connectivity index is 1.45. The van der Waals surface area contributed by atoms with Crippen LogP contribution in [0.2, 0.25) is 0 Å². The summed E-state index contributed by atoms with van der Waals surface area (Å²) in [5.41, 5.74) is 1.28. The molecule has 2 aromatic carbocycles. The summed E-state index contributed by atoms with van der Waals surface area (Å²) >= 11 is 0. The maximum absolute atomic E-state index is 15.0. The molecule has 2 saturated heterocycles. The minimum atomic E-state index is -3.04. The van der Waals surface area contributed by atoms with Crippen LogP contribution in [0, 0.1) is 18.2 Å². The maximum Gasteiger partial charge on any atom is 0.296 e. The van der Waals surface area contributed by atoms with Crippen LogP contribution in [-0.2, 0) is 4.74 Å². The second kappa shape index (κ2) is 9.24. The zero-order valence-electron chi connectivity index (χ0n) is 19.0. The number of alkyl halides is 2. The first-order valence-electron chi connectivity index (χ1n) is 11.2. The molecule has 5 rings (SSSR count). The lowest BCUT2D eigenvalue weighted by Gasteiger charge is -2.44. The van der Waals surface area contributed by atoms with Crippen molar-refractivity contribution in [1.29, 1.82) is 0 Å². The summed E-state index contributed by atoms with van der Waals surface area (Å²) in [6.07, 6.45) is 5.58. The fraction of sp³-hybridized carbons (Fsp3) is 0.360. The second-order valence-corrected chi connectivity index (χ2v) is 8.59. The third-order valence-electron chi connectivity index (χ3n) is 6.38. The highest BCUT2D eigenvalue weighted by Crippen LogP contribution is 2.38. The molecule has 7 nitrogen and oxygen atoms in total. The molecule has 0 amide bonds. The van der Waals surface area contributed by atoms with Gasteiger partial charge < -0.3 is 20.1 Å². The van der Waals surface area contributed by atoms with Gasteiger partial charge in [0.15, 0.2) is 11.9 Å². The Morgan fingerprint density at radius 3 is 2.74 bits per heavy atom. The topological polar surface area (TPSA) is 71.5 Å². The molecule has 2 fully saturated rings. The normalized spacial score (nSPS) is 20.1. The van der Waals surface area contributed by atoms with E-state index in [1.807, 2.05) is 0 Å². The summed E-state index contributed by atoms with van der Waals surface area (Å²) in [6, 6.07) is 7.97. The first-order valence-corrected chi connectivity index (χ1v) is 11.2. The van der Waals surface area contributed by atoms with Crippen molar-refractivity contribution in [3.63, 3.8) is 0 Å². The van der Waals surface area contributed by atoms with Crippen molar-refractivity contribution in [1.82, 2.24) is 14.9 Å². The van der Waals surface area contributed by atoms with Gasteiger partial charge in [0.25, 0.3) is 5.92 Å². The molecule has 3 aromatic rings. The summed E-state index contributed by atoms with van der Waals surface area (Å²) in [5, 5.41) is 6.41. The van der Waals surface area contributed by atoms with E-state index in [0.717, 1.165) is 0 Å². The molecule has 35 heavy (non-hydrogen) atoms. The largest absolute Gasteiger partial charge is 0.482 e. The van der Waals surface area contributed by atoms with Crippen LogP contribution in [0.25, 0.3) is 10.9 Å². The summed E-state index contributed by atoms with van der Waals surface area (Å²) < 4.78 is 55.8. The van der Waals surface area contributed by atoms with Gasteiger partial charge in [0.2, 0.25) is 0 Å². The van der Waals surface area contributed by atoms with Crippen LogP contribution in [0.3, 0.4) is 0 Å². The van der Waals surface area contributed by atoms with Gasteiger partial charge in [-0.2, -0.15) is 0 Å². The van der Waals surface area contributed by atoms with Crippen LogP contribution in [-0.4, -0.2) is 66.3 Å². The van der Waals surface area contributed by atoms with E-state index in [1.165, 1.54) is 18.5 Å². The van der Waals surface area contributed by atoms with Crippen LogP contribution in [0.4, 0.5) is 30.4 Å². The third-order valence-corrected chi connectivity index (χ3v) is 6.38. The summed E-state index contributed by atoms with van der Waals surface area (Å²) in [6.45, 7) is 1.08. The molecule has 1 unspecified atom stereocenters. The van der Waals surface area contributed by atoms with Gasteiger partial charge in [-0.15, -0.1) is 6.42 Å². The van der Waals surface area contributed by atoms with E-state index in [1.54, 1.807) is 30.1 Å². The minimum absolute atomic E-state index is 0.0366. The van der Waals surface area contributed by atoms with Crippen molar-refractivity contribution >= 4 is 28.1 Å². The molecule has 0 aliphatic carbocycles. The summed E-state index contributed by atoms with van der Waals surface area (Å²) in [5.74, 6) is -0.804. The van der Waals surface area contributed by atoms with Gasteiger partial charge in [-0.05, 0) is 24.3 Å². The van der Waals surface area contributed by atoms with E-state index in [-0.39, 0.29) is 36.0 Å². The SMILES string of the molecule is C#Cc1cccc(Nc2ncnc3cc(NC)c(OC4CCN(C5COC5)CC4(F)F)cc23)c1F. The molecule has 0 radical (unpaired) electrons. The van der Waals surface area contributed by atoms with E-state index in [4.69, 9.17) is 15.9 Å². The summed E-state index contributed by atoms with van der Waals surface area (Å²) in [4.78, 5) is 10.3. The number of benzene rings is 2. The van der Waals surface area contributed by atoms with E-state index < -0.39 is 17.8 Å². The highest BCUT2D eigenvalue weighted by molar-refractivity contribution is 5.94. The third kappa shape index (κ3) is 4.45. The Bertz CT molecular complexity index is 1290. The highest BCUT2D eigenvalue weighted by atomic mass is 19.3. The van der Waals surface area contributed by atoms with Gasteiger partial charge in [-0.25, -0.2) is 23.1 Å². The molecule has 1 aromatic heterocycles. The lowest BCUT2D eigenvalue weighted by atomic mass is 10.0. The number of piperidine rings is 1. The van der Waals surface area contributed by atoms with Crippen LogP contribution in [0.15, 0.2) is 36.7 Å². The predicted octanol–water partition coefficient (Wildman–Crippen LogP) is 4.02. The van der Waals surface area contributed by atoms with Gasteiger partial charge in [0.1, 0.15) is 17.9 Å². The van der Waals surface area contributed by atoms with Gasteiger partial charge in [0.05, 0.1) is 48.3 Å². The van der Waals surface area contributed by atoms with E-state index in [2.05, 4.69) is 26.5 Å². The molecule has 0 bridgehead atoms. The quantitative estimate of drug-likeness (QED) is 0.513. The smallest absolute Gasteiger partial charge is 0.296 e. The van der Waals surface area contributed by atoms with Crippen molar-refractivity contribution in [2.75, 3.05) is 44.0 Å². The van der Waals surface area contributed by atoms with Gasteiger partial charge in [0, 0.05) is 25.4 Å². The minimum Gasteiger partial charge on any atom is -0.482 e. The number of nitrogens with zero attached hydrogens (tertiary/aromatic N) is 3. The van der Waals surface area contributed by atoms with E-state index in [9.17, 15) is 4.39 Å². The van der Waals surface area contributed by atoms with E-state index >= 15 is 8.78 Å². The summed E-state index contributed by atoms with van der Waals surface area (Å²) in [7, 11) is 1.67. The van der Waals surface area contributed by atoms with Crippen molar-refractivity contribution in [2.24, 2.45) is 0 Å². The Morgan fingerprint density at radius 1 is 1.23 bits per heavy atom. The maximum atomic E-state index is 15.0. The Labute approximate surface area is 200 Å². The number of likely N-dealkylation sites (tertiary alicyclic amines) is 1. The zero-order chi connectivity index (χ0) is 24.6. The van der Waals surface area contributed by atoms with Crippen molar-refractivity contribution in [3.8, 4) is 18.1 Å². The first kappa shape index (κ1) is 23.2. The lowest BCUT2D eigenvalue weighted by Crippen LogP contribution is -2.60. The number of nitrogens with one attached hydrogen (secondary N) is 2. The number of anilines is 3. The molecule has 1 atom stereocenters. The second-order valence-electron chi connectivity index (χ2n) is 8.59. The lowest BCUT2D eigenvalue weighted by molar-refractivity contribution is -0.169. The molecule has 3 heterocycles. The predicted molar refractivity (Wildman–Crippen MR) is 127 cm³/mol. The number of aromatic nitrogens is 2. The Morgan fingerprint density at radius 2 is 2.06 bits per heavy atom. The van der Waals surface area contributed by atoms with Gasteiger partial charge >= 0.3 is 0 Å². The number of halogens is 3.